The Morgan fingerprint density at radius 2 is 2.14 bits per heavy atom. The maximum Gasteiger partial charge on any atom is 0.234 e. The highest BCUT2D eigenvalue weighted by Crippen LogP contribution is 2.28. The van der Waals surface area contributed by atoms with Crippen LogP contribution in [-0.2, 0) is 17.8 Å². The van der Waals surface area contributed by atoms with E-state index in [0.29, 0.717) is 17.3 Å². The molecule has 1 aliphatic rings. The van der Waals surface area contributed by atoms with Crippen molar-refractivity contribution in [1.82, 2.24) is 14.8 Å². The largest absolute Gasteiger partial charge is 0.325 e. The molecule has 1 aliphatic carbocycles. The van der Waals surface area contributed by atoms with Crippen LogP contribution in [0.25, 0.3) is 0 Å². The first kappa shape index (κ1) is 20.9. The molecule has 28 heavy (non-hydrogen) atoms. The molecule has 0 spiro atoms. The molecule has 1 aromatic carbocycles. The van der Waals surface area contributed by atoms with E-state index in [-0.39, 0.29) is 11.7 Å². The Morgan fingerprint density at radius 3 is 2.89 bits per heavy atom. The molecule has 1 fully saturated rings. The van der Waals surface area contributed by atoms with Crippen molar-refractivity contribution in [3.8, 4) is 0 Å². The molecule has 1 aromatic heterocycles. The summed E-state index contributed by atoms with van der Waals surface area (Å²) in [4.78, 5) is 12.3. The van der Waals surface area contributed by atoms with E-state index in [2.05, 4.69) is 26.7 Å². The quantitative estimate of drug-likeness (QED) is 0.439. The predicted octanol–water partition coefficient (Wildman–Crippen LogP) is 5.36. The van der Waals surface area contributed by atoms with Crippen LogP contribution < -0.4 is 5.32 Å². The third-order valence-corrected chi connectivity index (χ3v) is 6.25. The number of allylic oxidation sites excluding steroid dienone is 1. The molecular formula is C21H27ClN4OS. The van der Waals surface area contributed by atoms with Gasteiger partial charge in [-0.1, -0.05) is 67.6 Å². The minimum atomic E-state index is -0.0934. The van der Waals surface area contributed by atoms with Crippen LogP contribution in [0, 0.1) is 5.92 Å². The third-order valence-electron chi connectivity index (χ3n) is 5.05. The predicted molar refractivity (Wildman–Crippen MR) is 116 cm³/mol. The fourth-order valence-corrected chi connectivity index (χ4v) is 4.58. The normalized spacial score (nSPS) is 14.8. The summed E-state index contributed by atoms with van der Waals surface area (Å²) in [6, 6.07) is 7.13. The van der Waals surface area contributed by atoms with Gasteiger partial charge in [-0.05, 0) is 30.5 Å². The summed E-state index contributed by atoms with van der Waals surface area (Å²) < 4.78 is 2.08. The number of hydrogen-bond acceptors (Lipinski definition) is 4. The zero-order valence-electron chi connectivity index (χ0n) is 16.1. The van der Waals surface area contributed by atoms with Gasteiger partial charge in [-0.2, -0.15) is 0 Å². The highest BCUT2D eigenvalue weighted by Gasteiger charge is 2.17. The van der Waals surface area contributed by atoms with Gasteiger partial charge in [0.2, 0.25) is 5.91 Å². The lowest BCUT2D eigenvalue weighted by Crippen LogP contribution is -2.15. The van der Waals surface area contributed by atoms with E-state index in [9.17, 15) is 4.79 Å². The summed E-state index contributed by atoms with van der Waals surface area (Å²) in [5.74, 6) is 1.97. The van der Waals surface area contributed by atoms with E-state index in [1.165, 1.54) is 43.9 Å². The molecule has 0 aliphatic heterocycles. The minimum Gasteiger partial charge on any atom is -0.325 e. The van der Waals surface area contributed by atoms with Gasteiger partial charge in [-0.15, -0.1) is 16.8 Å². The van der Waals surface area contributed by atoms with E-state index < -0.39 is 0 Å². The molecule has 1 saturated carbocycles. The van der Waals surface area contributed by atoms with Crippen LogP contribution in [0.5, 0.6) is 0 Å². The molecule has 5 nitrogen and oxygen atoms in total. The lowest BCUT2D eigenvalue weighted by molar-refractivity contribution is -0.113. The number of amides is 1. The molecule has 150 valence electrons. The van der Waals surface area contributed by atoms with Gasteiger partial charge in [0.25, 0.3) is 0 Å². The summed E-state index contributed by atoms with van der Waals surface area (Å²) in [5.41, 5.74) is 0.693. The van der Waals surface area contributed by atoms with Crippen molar-refractivity contribution in [1.29, 1.82) is 0 Å². The van der Waals surface area contributed by atoms with E-state index in [4.69, 9.17) is 11.6 Å². The maximum absolute atomic E-state index is 12.3. The fraction of sp³-hybridized carbons (Fsp3) is 0.476. The van der Waals surface area contributed by atoms with E-state index in [1.54, 1.807) is 12.1 Å². The minimum absolute atomic E-state index is 0.0934. The van der Waals surface area contributed by atoms with Crippen LogP contribution in [0.3, 0.4) is 0 Å². The standard InChI is InChI=1S/C21H27ClN4OS/c1-2-13-26-19(12-11-16-7-4-3-5-8-16)24-25-21(26)28-15-20(27)23-18-10-6-9-17(22)14-18/h2,6,9-10,14,16H,1,3-5,7-8,11-13,15H2,(H,23,27). The van der Waals surface area contributed by atoms with Crippen molar-refractivity contribution in [2.75, 3.05) is 11.1 Å². The lowest BCUT2D eigenvalue weighted by atomic mass is 9.86. The Kier molecular flexibility index (Phi) is 7.98. The molecule has 2 aromatic rings. The third kappa shape index (κ3) is 6.11. The molecular weight excluding hydrogens is 392 g/mol. The molecule has 0 saturated heterocycles. The number of aryl methyl sites for hydroxylation is 1. The van der Waals surface area contributed by atoms with Crippen molar-refractivity contribution in [2.45, 2.75) is 56.6 Å². The molecule has 0 bridgehead atoms. The average molecular weight is 419 g/mol. The van der Waals surface area contributed by atoms with Gasteiger partial charge in [0.15, 0.2) is 5.16 Å². The molecule has 1 N–H and O–H groups in total. The van der Waals surface area contributed by atoms with Crippen molar-refractivity contribution in [3.63, 3.8) is 0 Å². The molecule has 1 amide bonds. The SMILES string of the molecule is C=CCn1c(CCC2CCCCC2)nnc1SCC(=O)Nc1cccc(Cl)c1. The van der Waals surface area contributed by atoms with Gasteiger partial charge in [0, 0.05) is 23.7 Å². The maximum atomic E-state index is 12.3. The number of halogens is 1. The number of rotatable bonds is 9. The van der Waals surface area contributed by atoms with Gasteiger partial charge in [0.05, 0.1) is 5.75 Å². The van der Waals surface area contributed by atoms with Crippen LogP contribution in [0.4, 0.5) is 5.69 Å². The van der Waals surface area contributed by atoms with Gasteiger partial charge >= 0.3 is 0 Å². The summed E-state index contributed by atoms with van der Waals surface area (Å²) in [5, 5.41) is 12.9. The van der Waals surface area contributed by atoms with Gasteiger partial charge in [-0.25, -0.2) is 0 Å². The first-order valence-corrected chi connectivity index (χ1v) is 11.2. The van der Waals surface area contributed by atoms with Crippen LogP contribution >= 0.6 is 23.4 Å². The summed E-state index contributed by atoms with van der Waals surface area (Å²) >= 11 is 7.36. The van der Waals surface area contributed by atoms with Crippen LogP contribution in [0.1, 0.15) is 44.3 Å². The number of aromatic nitrogens is 3. The molecule has 0 unspecified atom stereocenters. The molecule has 1 heterocycles. The van der Waals surface area contributed by atoms with Crippen molar-refractivity contribution in [2.24, 2.45) is 5.92 Å². The Bertz CT molecular complexity index is 801. The average Bonchev–Trinajstić information content (AvgIpc) is 3.08. The number of carbonyl (C=O) groups is 1. The Balaban J connectivity index is 1.55. The Labute approximate surface area is 176 Å². The van der Waals surface area contributed by atoms with Crippen molar-refractivity contribution in [3.05, 3.63) is 47.8 Å². The number of nitrogens with zero attached hydrogens (tertiary/aromatic N) is 3. The zero-order chi connectivity index (χ0) is 19.8. The van der Waals surface area contributed by atoms with Gasteiger partial charge in [0.1, 0.15) is 5.82 Å². The number of nitrogens with one attached hydrogen (secondary N) is 1. The zero-order valence-corrected chi connectivity index (χ0v) is 17.6. The number of thioether (sulfide) groups is 1. The van der Waals surface area contributed by atoms with Crippen molar-refractivity contribution < 1.29 is 4.79 Å². The fourth-order valence-electron chi connectivity index (χ4n) is 3.63. The molecule has 7 heteroatoms. The first-order chi connectivity index (χ1) is 13.7. The highest BCUT2D eigenvalue weighted by molar-refractivity contribution is 7.99. The van der Waals surface area contributed by atoms with E-state index in [0.717, 1.165) is 29.7 Å². The van der Waals surface area contributed by atoms with Crippen LogP contribution in [-0.4, -0.2) is 26.4 Å². The summed E-state index contributed by atoms with van der Waals surface area (Å²) in [6.45, 7) is 4.51. The van der Waals surface area contributed by atoms with Crippen LogP contribution in [0.2, 0.25) is 5.02 Å². The van der Waals surface area contributed by atoms with Crippen LogP contribution in [0.15, 0.2) is 42.1 Å². The Hall–Kier alpha value is -1.79. The molecule has 0 atom stereocenters. The number of carbonyl (C=O) groups excluding carboxylic acids is 1. The highest BCUT2D eigenvalue weighted by atomic mass is 35.5. The lowest BCUT2D eigenvalue weighted by Gasteiger charge is -2.21. The monoisotopic (exact) mass is 418 g/mol. The summed E-state index contributed by atoms with van der Waals surface area (Å²) in [7, 11) is 0. The first-order valence-electron chi connectivity index (χ1n) is 9.87. The van der Waals surface area contributed by atoms with E-state index >= 15 is 0 Å². The topological polar surface area (TPSA) is 59.8 Å². The molecule has 3 rings (SSSR count). The second-order valence-corrected chi connectivity index (χ2v) is 8.57. The van der Waals surface area contributed by atoms with Crippen molar-refractivity contribution >= 4 is 35.0 Å². The Morgan fingerprint density at radius 1 is 1.32 bits per heavy atom. The van der Waals surface area contributed by atoms with Gasteiger partial charge < -0.3 is 9.88 Å². The second kappa shape index (κ2) is 10.7. The molecule has 0 radical (unpaired) electrons. The van der Waals surface area contributed by atoms with E-state index in [1.807, 2.05) is 18.2 Å². The van der Waals surface area contributed by atoms with Gasteiger partial charge in [-0.3, -0.25) is 4.79 Å². The number of benzene rings is 1. The smallest absolute Gasteiger partial charge is 0.234 e. The number of hydrogen-bond donors (Lipinski definition) is 1. The summed E-state index contributed by atoms with van der Waals surface area (Å²) in [6.07, 6.45) is 10.7. The second-order valence-electron chi connectivity index (χ2n) is 7.19. The number of anilines is 1.